The van der Waals surface area contributed by atoms with Crippen molar-refractivity contribution >= 4 is 11.9 Å². The molecule has 3 aromatic rings. The summed E-state index contributed by atoms with van der Waals surface area (Å²) in [5.74, 6) is -1.09. The molecule has 1 fully saturated rings. The Kier molecular flexibility index (Phi) is 4.69. The Hall–Kier alpha value is -3.41. The average Bonchev–Trinajstić information content (AvgIpc) is 3.29. The van der Waals surface area contributed by atoms with Crippen LogP contribution in [-0.4, -0.2) is 34.4 Å². The molecule has 1 atom stereocenters. The number of cyclic esters (lactones) is 1. The number of nitrogens with zero attached hydrogens (tertiary/aromatic N) is 2. The number of carbonyl (C=O) groups is 2. The smallest absolute Gasteiger partial charge is 0.347 e. The zero-order valence-electron chi connectivity index (χ0n) is 15.7. The van der Waals surface area contributed by atoms with Crippen LogP contribution >= 0.6 is 0 Å². The highest BCUT2D eigenvalue weighted by Gasteiger charge is 2.32. The lowest BCUT2D eigenvalue weighted by Gasteiger charge is -2.09. The maximum Gasteiger partial charge on any atom is 0.347 e. The molecule has 6 heteroatoms. The minimum atomic E-state index is -0.862. The summed E-state index contributed by atoms with van der Waals surface area (Å²) < 4.78 is 12.0. The lowest BCUT2D eigenvalue weighted by atomic mass is 10.0. The predicted molar refractivity (Wildman–Crippen MR) is 103 cm³/mol. The zero-order valence-corrected chi connectivity index (χ0v) is 15.7. The third kappa shape index (κ3) is 3.41. The van der Waals surface area contributed by atoms with Gasteiger partial charge in [0.1, 0.15) is 11.3 Å². The van der Waals surface area contributed by atoms with Crippen molar-refractivity contribution in [2.24, 2.45) is 0 Å². The first kappa shape index (κ1) is 18.0. The lowest BCUT2D eigenvalue weighted by molar-refractivity contribution is -0.145. The molecule has 0 radical (unpaired) electrons. The standard InChI is InChI=1S/C22H20N2O4/c1-14-8-9-17(15(2)12-14)20-18(21(25)28-19-10-11-27-22(19)26)13-24(23-20)16-6-4-3-5-7-16/h3-9,12-13,19H,10-11H2,1-2H3. The predicted octanol–water partition coefficient (Wildman–Crippen LogP) is 3.63. The fourth-order valence-electron chi connectivity index (χ4n) is 3.29. The minimum Gasteiger partial charge on any atom is -0.463 e. The van der Waals surface area contributed by atoms with E-state index >= 15 is 0 Å². The van der Waals surface area contributed by atoms with Gasteiger partial charge in [-0.25, -0.2) is 14.3 Å². The van der Waals surface area contributed by atoms with Gasteiger partial charge < -0.3 is 9.47 Å². The van der Waals surface area contributed by atoms with Crippen molar-refractivity contribution in [2.45, 2.75) is 26.4 Å². The molecule has 0 amide bonds. The van der Waals surface area contributed by atoms with E-state index in [0.29, 0.717) is 17.7 Å². The molecule has 2 heterocycles. The number of ether oxygens (including phenoxy) is 2. The Morgan fingerprint density at radius 2 is 1.96 bits per heavy atom. The van der Waals surface area contributed by atoms with Crippen LogP contribution in [0.3, 0.4) is 0 Å². The van der Waals surface area contributed by atoms with Gasteiger partial charge in [-0.3, -0.25) is 0 Å². The number of rotatable bonds is 4. The third-order valence-corrected chi connectivity index (χ3v) is 4.73. The van der Waals surface area contributed by atoms with E-state index in [-0.39, 0.29) is 6.61 Å². The molecule has 142 valence electrons. The zero-order chi connectivity index (χ0) is 19.7. The van der Waals surface area contributed by atoms with Gasteiger partial charge in [0.25, 0.3) is 0 Å². The van der Waals surface area contributed by atoms with Gasteiger partial charge in [-0.05, 0) is 31.5 Å². The van der Waals surface area contributed by atoms with Crippen LogP contribution in [0.4, 0.5) is 0 Å². The van der Waals surface area contributed by atoms with Gasteiger partial charge in [-0.2, -0.15) is 5.10 Å². The van der Waals surface area contributed by atoms with Crippen molar-refractivity contribution in [3.8, 4) is 16.9 Å². The Balaban J connectivity index is 1.77. The first-order valence-electron chi connectivity index (χ1n) is 9.13. The van der Waals surface area contributed by atoms with Crippen LogP contribution in [-0.2, 0) is 14.3 Å². The maximum absolute atomic E-state index is 12.9. The molecule has 6 nitrogen and oxygen atoms in total. The molecule has 0 aliphatic carbocycles. The van der Waals surface area contributed by atoms with Gasteiger partial charge in [-0.1, -0.05) is 42.0 Å². The largest absolute Gasteiger partial charge is 0.463 e. The monoisotopic (exact) mass is 376 g/mol. The molecular formula is C22H20N2O4. The molecule has 0 N–H and O–H groups in total. The number of para-hydroxylation sites is 1. The second kappa shape index (κ2) is 7.31. The second-order valence-electron chi connectivity index (χ2n) is 6.84. The van der Waals surface area contributed by atoms with E-state index in [9.17, 15) is 9.59 Å². The highest BCUT2D eigenvalue weighted by atomic mass is 16.6. The van der Waals surface area contributed by atoms with Crippen LogP contribution in [0.15, 0.2) is 54.7 Å². The normalized spacial score (nSPS) is 16.1. The summed E-state index contributed by atoms with van der Waals surface area (Å²) in [6, 6.07) is 15.5. The summed E-state index contributed by atoms with van der Waals surface area (Å²) >= 11 is 0. The van der Waals surface area contributed by atoms with E-state index < -0.39 is 18.0 Å². The second-order valence-corrected chi connectivity index (χ2v) is 6.84. The molecule has 0 bridgehead atoms. The summed E-state index contributed by atoms with van der Waals surface area (Å²) in [7, 11) is 0. The first-order valence-corrected chi connectivity index (χ1v) is 9.13. The van der Waals surface area contributed by atoms with Crippen molar-refractivity contribution in [1.29, 1.82) is 0 Å². The van der Waals surface area contributed by atoms with Gasteiger partial charge in [-0.15, -0.1) is 0 Å². The van der Waals surface area contributed by atoms with Gasteiger partial charge in [0.15, 0.2) is 0 Å². The van der Waals surface area contributed by atoms with Gasteiger partial charge in [0.2, 0.25) is 6.10 Å². The Labute approximate surface area is 162 Å². The number of hydrogen-bond donors (Lipinski definition) is 0. The molecule has 0 spiro atoms. The number of benzene rings is 2. The fraction of sp³-hybridized carbons (Fsp3) is 0.227. The van der Waals surface area contributed by atoms with Crippen LogP contribution < -0.4 is 0 Å². The summed E-state index contributed by atoms with van der Waals surface area (Å²) in [5, 5.41) is 4.66. The van der Waals surface area contributed by atoms with Gasteiger partial charge in [0, 0.05) is 18.2 Å². The summed E-state index contributed by atoms with van der Waals surface area (Å²) in [6.45, 7) is 4.26. The third-order valence-electron chi connectivity index (χ3n) is 4.73. The van der Waals surface area contributed by atoms with Gasteiger partial charge >= 0.3 is 11.9 Å². The molecule has 2 aromatic carbocycles. The van der Waals surface area contributed by atoms with E-state index in [1.165, 1.54) is 0 Å². The van der Waals surface area contributed by atoms with Crippen molar-refractivity contribution in [3.05, 3.63) is 71.4 Å². The summed E-state index contributed by atoms with van der Waals surface area (Å²) in [6.07, 6.45) is 1.16. The van der Waals surface area contributed by atoms with Crippen molar-refractivity contribution < 1.29 is 19.1 Å². The SMILES string of the molecule is Cc1ccc(-c2nn(-c3ccccc3)cc2C(=O)OC2CCOC2=O)c(C)c1. The molecule has 4 rings (SSSR count). The number of esters is 2. The quantitative estimate of drug-likeness (QED) is 0.651. The minimum absolute atomic E-state index is 0.268. The molecule has 1 aliphatic rings. The Morgan fingerprint density at radius 3 is 2.64 bits per heavy atom. The molecule has 28 heavy (non-hydrogen) atoms. The van der Waals surface area contributed by atoms with Crippen LogP contribution in [0.5, 0.6) is 0 Å². The van der Waals surface area contributed by atoms with Crippen LogP contribution in [0.2, 0.25) is 0 Å². The average molecular weight is 376 g/mol. The van der Waals surface area contributed by atoms with Crippen molar-refractivity contribution in [3.63, 3.8) is 0 Å². The van der Waals surface area contributed by atoms with Crippen molar-refractivity contribution in [2.75, 3.05) is 6.61 Å². The topological polar surface area (TPSA) is 70.4 Å². The fourth-order valence-corrected chi connectivity index (χ4v) is 3.29. The molecule has 1 unspecified atom stereocenters. The van der Waals surface area contributed by atoms with Crippen molar-refractivity contribution in [1.82, 2.24) is 9.78 Å². The van der Waals surface area contributed by atoms with E-state index in [1.54, 1.807) is 10.9 Å². The number of carbonyl (C=O) groups excluding carboxylic acids is 2. The number of aryl methyl sites for hydroxylation is 2. The molecular weight excluding hydrogens is 356 g/mol. The van der Waals surface area contributed by atoms with Crippen LogP contribution in [0.25, 0.3) is 16.9 Å². The molecule has 0 saturated carbocycles. The molecule has 1 aliphatic heterocycles. The molecule has 1 aromatic heterocycles. The highest BCUT2D eigenvalue weighted by molar-refractivity contribution is 5.97. The number of aromatic nitrogens is 2. The highest BCUT2D eigenvalue weighted by Crippen LogP contribution is 2.28. The van der Waals surface area contributed by atoms with E-state index in [4.69, 9.17) is 9.47 Å². The van der Waals surface area contributed by atoms with Gasteiger partial charge in [0.05, 0.1) is 12.3 Å². The number of hydrogen-bond acceptors (Lipinski definition) is 5. The Bertz CT molecular complexity index is 1040. The summed E-state index contributed by atoms with van der Waals surface area (Å²) in [4.78, 5) is 24.6. The first-order chi connectivity index (χ1) is 13.5. The lowest BCUT2D eigenvalue weighted by Crippen LogP contribution is -2.22. The Morgan fingerprint density at radius 1 is 1.18 bits per heavy atom. The van der Waals surface area contributed by atoms with Crippen LogP contribution in [0.1, 0.15) is 27.9 Å². The van der Waals surface area contributed by atoms with E-state index in [0.717, 1.165) is 22.4 Å². The van der Waals surface area contributed by atoms with E-state index in [2.05, 4.69) is 5.10 Å². The molecule has 1 saturated heterocycles. The summed E-state index contributed by atoms with van der Waals surface area (Å²) in [5.41, 5.74) is 4.65. The van der Waals surface area contributed by atoms with E-state index in [1.807, 2.05) is 62.4 Å². The van der Waals surface area contributed by atoms with Crippen LogP contribution in [0, 0.1) is 13.8 Å². The maximum atomic E-state index is 12.9.